The van der Waals surface area contributed by atoms with Crippen LogP contribution in [0.15, 0.2) is 71.7 Å². The summed E-state index contributed by atoms with van der Waals surface area (Å²) in [5.74, 6) is 1.01. The Morgan fingerprint density at radius 3 is 2.29 bits per heavy atom. The number of nitrogens with zero attached hydrogens (tertiary/aromatic N) is 4. The minimum Gasteiger partial charge on any atom is -0.368 e. The Kier molecular flexibility index (Phi) is 5.51. The Labute approximate surface area is 193 Å². The van der Waals surface area contributed by atoms with Crippen LogP contribution >= 0.6 is 23.2 Å². The molecule has 0 atom stereocenters. The van der Waals surface area contributed by atoms with Crippen molar-refractivity contribution in [3.63, 3.8) is 0 Å². The quantitative estimate of drug-likeness (QED) is 0.468. The highest BCUT2D eigenvalue weighted by Crippen LogP contribution is 2.33. The third kappa shape index (κ3) is 4.10. The van der Waals surface area contributed by atoms with E-state index in [1.54, 1.807) is 0 Å². The average molecular weight is 451 g/mol. The van der Waals surface area contributed by atoms with Crippen LogP contribution in [0.2, 0.25) is 10.0 Å². The van der Waals surface area contributed by atoms with E-state index in [0.29, 0.717) is 0 Å². The molecule has 0 spiro atoms. The molecule has 0 saturated carbocycles. The van der Waals surface area contributed by atoms with Gasteiger partial charge in [0.05, 0.1) is 12.2 Å². The van der Waals surface area contributed by atoms with Crippen molar-refractivity contribution in [3.05, 3.63) is 87.9 Å². The molecule has 2 aliphatic heterocycles. The van der Waals surface area contributed by atoms with Crippen LogP contribution in [0.5, 0.6) is 0 Å². The van der Waals surface area contributed by atoms with Crippen LogP contribution in [0.3, 0.4) is 0 Å². The molecular weight excluding hydrogens is 427 g/mol. The Morgan fingerprint density at radius 2 is 1.52 bits per heavy atom. The molecule has 0 aliphatic carbocycles. The lowest BCUT2D eigenvalue weighted by Crippen LogP contribution is -2.54. The van der Waals surface area contributed by atoms with Crippen molar-refractivity contribution in [1.29, 1.82) is 0 Å². The first kappa shape index (κ1) is 20.2. The van der Waals surface area contributed by atoms with Crippen LogP contribution in [0, 0.1) is 6.92 Å². The van der Waals surface area contributed by atoms with Gasteiger partial charge in [-0.25, -0.2) is 4.99 Å². The van der Waals surface area contributed by atoms with Crippen LogP contribution in [0.25, 0.3) is 0 Å². The molecular formula is C25H24Cl2N4. The number of anilines is 2. The van der Waals surface area contributed by atoms with E-state index in [9.17, 15) is 0 Å². The van der Waals surface area contributed by atoms with Crippen molar-refractivity contribution in [2.75, 3.05) is 36.0 Å². The number of aliphatic imine (C=N–C) groups is 1. The predicted molar refractivity (Wildman–Crippen MR) is 131 cm³/mol. The summed E-state index contributed by atoms with van der Waals surface area (Å²) in [5.41, 5.74) is 5.76. The molecule has 3 aromatic carbocycles. The van der Waals surface area contributed by atoms with E-state index in [4.69, 9.17) is 28.2 Å². The Morgan fingerprint density at radius 1 is 0.774 bits per heavy atom. The second kappa shape index (κ2) is 8.45. The number of fused-ring (bicyclic) bond motifs is 1. The Hall–Kier alpha value is -2.69. The Balaban J connectivity index is 1.44. The van der Waals surface area contributed by atoms with Gasteiger partial charge in [-0.1, -0.05) is 47.5 Å². The van der Waals surface area contributed by atoms with Gasteiger partial charge in [0.15, 0.2) is 0 Å². The number of benzene rings is 3. The van der Waals surface area contributed by atoms with Gasteiger partial charge in [-0.05, 0) is 60.5 Å². The first-order valence-corrected chi connectivity index (χ1v) is 11.3. The molecule has 3 aromatic rings. The van der Waals surface area contributed by atoms with Gasteiger partial charge in [0.1, 0.15) is 0 Å². The molecule has 31 heavy (non-hydrogen) atoms. The van der Waals surface area contributed by atoms with Gasteiger partial charge in [0.2, 0.25) is 5.96 Å². The van der Waals surface area contributed by atoms with Crippen molar-refractivity contribution in [2.45, 2.75) is 13.5 Å². The van der Waals surface area contributed by atoms with E-state index in [-0.39, 0.29) is 0 Å². The third-order valence-corrected chi connectivity index (χ3v) is 6.44. The lowest BCUT2D eigenvalue weighted by Gasteiger charge is -2.42. The van der Waals surface area contributed by atoms with E-state index in [0.717, 1.165) is 65.7 Å². The molecule has 4 nitrogen and oxygen atoms in total. The van der Waals surface area contributed by atoms with Gasteiger partial charge in [-0.15, -0.1) is 0 Å². The smallest absolute Gasteiger partial charge is 0.206 e. The summed E-state index contributed by atoms with van der Waals surface area (Å²) in [6, 6.07) is 22.6. The molecule has 5 rings (SSSR count). The van der Waals surface area contributed by atoms with Crippen LogP contribution in [-0.2, 0) is 6.54 Å². The van der Waals surface area contributed by atoms with Gasteiger partial charge in [-0.2, -0.15) is 0 Å². The lowest BCUT2D eigenvalue weighted by atomic mass is 10.1. The molecule has 158 valence electrons. The fourth-order valence-electron chi connectivity index (χ4n) is 4.36. The second-order valence-electron chi connectivity index (χ2n) is 8.01. The Bertz CT molecular complexity index is 1140. The topological polar surface area (TPSA) is 22.1 Å². The maximum atomic E-state index is 6.23. The minimum atomic E-state index is 0.757. The van der Waals surface area contributed by atoms with E-state index < -0.39 is 0 Å². The van der Waals surface area contributed by atoms with Crippen LogP contribution in [0.4, 0.5) is 17.1 Å². The number of halogens is 2. The molecule has 2 aliphatic rings. The van der Waals surface area contributed by atoms with Crippen molar-refractivity contribution in [2.24, 2.45) is 4.99 Å². The first-order valence-electron chi connectivity index (χ1n) is 10.5. The van der Waals surface area contributed by atoms with E-state index >= 15 is 0 Å². The number of para-hydroxylation sites is 1. The molecule has 0 bridgehead atoms. The summed E-state index contributed by atoms with van der Waals surface area (Å²) in [7, 11) is 0. The molecule has 0 N–H and O–H groups in total. The summed E-state index contributed by atoms with van der Waals surface area (Å²) >= 11 is 12.4. The minimum absolute atomic E-state index is 0.757. The average Bonchev–Trinajstić information content (AvgIpc) is 2.78. The molecule has 6 heteroatoms. The summed E-state index contributed by atoms with van der Waals surface area (Å²) in [6.07, 6.45) is 0. The monoisotopic (exact) mass is 450 g/mol. The molecule has 0 radical (unpaired) electrons. The first-order chi connectivity index (χ1) is 15.1. The van der Waals surface area contributed by atoms with Gasteiger partial charge in [0.25, 0.3) is 0 Å². The summed E-state index contributed by atoms with van der Waals surface area (Å²) in [5, 5.41) is 1.53. The molecule has 0 aromatic heterocycles. The van der Waals surface area contributed by atoms with Gasteiger partial charge < -0.3 is 14.7 Å². The maximum absolute atomic E-state index is 6.23. The van der Waals surface area contributed by atoms with E-state index in [1.807, 2.05) is 30.3 Å². The van der Waals surface area contributed by atoms with Crippen molar-refractivity contribution >= 4 is 46.2 Å². The lowest BCUT2D eigenvalue weighted by molar-refractivity contribution is 0.378. The standard InChI is InChI=1S/C25H24Cl2N4/c1-18-15-21(27)9-10-24(18)31-17-19-5-2-3-8-23(19)28-25(31)30-13-11-29(12-14-30)22-7-4-6-20(26)16-22/h2-10,15-16H,11-14,17H2,1H3. The number of hydrogen-bond donors (Lipinski definition) is 0. The van der Waals surface area contributed by atoms with Crippen molar-refractivity contribution in [3.8, 4) is 0 Å². The number of piperazine rings is 1. The zero-order valence-corrected chi connectivity index (χ0v) is 18.9. The highest BCUT2D eigenvalue weighted by atomic mass is 35.5. The van der Waals surface area contributed by atoms with E-state index in [1.165, 1.54) is 11.3 Å². The third-order valence-electron chi connectivity index (χ3n) is 5.97. The zero-order chi connectivity index (χ0) is 21.4. The summed E-state index contributed by atoms with van der Waals surface area (Å²) in [4.78, 5) is 12.2. The number of aryl methyl sites for hydroxylation is 1. The largest absolute Gasteiger partial charge is 0.368 e. The summed E-state index contributed by atoms with van der Waals surface area (Å²) in [6.45, 7) is 6.55. The fraction of sp³-hybridized carbons (Fsp3) is 0.240. The molecule has 0 unspecified atom stereocenters. The molecule has 2 heterocycles. The molecule has 1 fully saturated rings. The van der Waals surface area contributed by atoms with Gasteiger partial charge >= 0.3 is 0 Å². The molecule has 0 amide bonds. The number of hydrogen-bond acceptors (Lipinski definition) is 4. The van der Waals surface area contributed by atoms with Crippen LogP contribution in [-0.4, -0.2) is 37.0 Å². The fourth-order valence-corrected chi connectivity index (χ4v) is 4.77. The van der Waals surface area contributed by atoms with Gasteiger partial charge in [-0.3, -0.25) is 0 Å². The van der Waals surface area contributed by atoms with Crippen molar-refractivity contribution in [1.82, 2.24) is 4.90 Å². The van der Waals surface area contributed by atoms with Gasteiger partial charge in [0, 0.05) is 47.6 Å². The maximum Gasteiger partial charge on any atom is 0.206 e. The normalized spacial score (nSPS) is 16.2. The summed E-state index contributed by atoms with van der Waals surface area (Å²) < 4.78 is 0. The number of guanidine groups is 1. The van der Waals surface area contributed by atoms with Crippen LogP contribution in [0.1, 0.15) is 11.1 Å². The predicted octanol–water partition coefficient (Wildman–Crippen LogP) is 6.13. The SMILES string of the molecule is Cc1cc(Cl)ccc1N1Cc2ccccc2N=C1N1CCN(c2cccc(Cl)c2)CC1. The number of rotatable bonds is 2. The van der Waals surface area contributed by atoms with Crippen LogP contribution < -0.4 is 9.80 Å². The second-order valence-corrected chi connectivity index (χ2v) is 8.88. The van der Waals surface area contributed by atoms with E-state index in [2.05, 4.69) is 58.0 Å². The highest BCUT2D eigenvalue weighted by Gasteiger charge is 2.29. The highest BCUT2D eigenvalue weighted by molar-refractivity contribution is 6.31. The van der Waals surface area contributed by atoms with Crippen molar-refractivity contribution < 1.29 is 0 Å². The molecule has 1 saturated heterocycles. The zero-order valence-electron chi connectivity index (χ0n) is 17.4.